The Morgan fingerprint density at radius 2 is 2.28 bits per heavy atom. The van der Waals surface area contributed by atoms with Crippen LogP contribution in [0.2, 0.25) is 0 Å². The highest BCUT2D eigenvalue weighted by Gasteiger charge is 2.25. The van der Waals surface area contributed by atoms with Crippen LogP contribution in [0.4, 0.5) is 13.6 Å². The van der Waals surface area contributed by atoms with Crippen molar-refractivity contribution in [2.24, 2.45) is 0 Å². The quantitative estimate of drug-likeness (QED) is 0.923. The third kappa shape index (κ3) is 4.12. The topological polar surface area (TPSA) is 63.1 Å². The summed E-state index contributed by atoms with van der Waals surface area (Å²) in [5.41, 5.74) is 0.390. The molecular formula is C17H21F2N5O. The fourth-order valence-electron chi connectivity index (χ4n) is 3.12. The van der Waals surface area contributed by atoms with E-state index in [1.165, 1.54) is 18.5 Å². The van der Waals surface area contributed by atoms with E-state index in [4.69, 9.17) is 0 Å². The van der Waals surface area contributed by atoms with E-state index in [0.717, 1.165) is 18.9 Å². The van der Waals surface area contributed by atoms with Gasteiger partial charge >= 0.3 is 6.03 Å². The Bertz CT molecular complexity index is 722. The Hall–Kier alpha value is -2.51. The Morgan fingerprint density at radius 1 is 1.44 bits per heavy atom. The lowest BCUT2D eigenvalue weighted by atomic mass is 10.0. The van der Waals surface area contributed by atoms with Gasteiger partial charge in [0.25, 0.3) is 0 Å². The molecule has 8 heteroatoms. The second-order valence-corrected chi connectivity index (χ2v) is 6.37. The van der Waals surface area contributed by atoms with Crippen LogP contribution in [0.3, 0.4) is 0 Å². The maximum atomic E-state index is 13.8. The van der Waals surface area contributed by atoms with Gasteiger partial charge in [0.15, 0.2) is 0 Å². The number of hydrogen-bond acceptors (Lipinski definition) is 3. The molecule has 1 aromatic carbocycles. The van der Waals surface area contributed by atoms with Gasteiger partial charge in [-0.25, -0.2) is 23.2 Å². The summed E-state index contributed by atoms with van der Waals surface area (Å²) in [5, 5.41) is 6.98. The summed E-state index contributed by atoms with van der Waals surface area (Å²) < 4.78 is 28.6. The van der Waals surface area contributed by atoms with Gasteiger partial charge in [0.1, 0.15) is 24.3 Å². The zero-order valence-corrected chi connectivity index (χ0v) is 14.0. The third-order valence-electron chi connectivity index (χ3n) is 4.55. The van der Waals surface area contributed by atoms with Crippen molar-refractivity contribution in [3.05, 3.63) is 48.1 Å². The first-order chi connectivity index (χ1) is 12.0. The van der Waals surface area contributed by atoms with Crippen LogP contribution in [0.25, 0.3) is 0 Å². The number of urea groups is 1. The molecule has 2 amide bonds. The minimum Gasteiger partial charge on any atom is -0.337 e. The Morgan fingerprint density at radius 3 is 3.00 bits per heavy atom. The van der Waals surface area contributed by atoms with E-state index in [0.29, 0.717) is 18.7 Å². The first-order valence-corrected chi connectivity index (χ1v) is 8.36. The van der Waals surface area contributed by atoms with E-state index in [2.05, 4.69) is 15.4 Å². The average Bonchev–Trinajstić information content (AvgIpc) is 3.14. The number of hydrogen-bond donors (Lipinski definition) is 1. The molecule has 0 unspecified atom stereocenters. The zero-order chi connectivity index (χ0) is 17.8. The molecule has 1 N–H and O–H groups in total. The molecule has 1 fully saturated rings. The van der Waals surface area contributed by atoms with Gasteiger partial charge in [0.05, 0.1) is 6.04 Å². The van der Waals surface area contributed by atoms with Crippen LogP contribution in [0.1, 0.15) is 37.3 Å². The summed E-state index contributed by atoms with van der Waals surface area (Å²) in [7, 11) is 0. The smallest absolute Gasteiger partial charge is 0.317 e. The maximum absolute atomic E-state index is 13.8. The van der Waals surface area contributed by atoms with Gasteiger partial charge in [-0.05, 0) is 24.5 Å². The second kappa shape index (κ2) is 7.58. The monoisotopic (exact) mass is 349 g/mol. The van der Waals surface area contributed by atoms with Gasteiger partial charge in [-0.15, -0.1) is 0 Å². The third-order valence-corrected chi connectivity index (χ3v) is 4.55. The number of carbonyl (C=O) groups excluding carboxylic acids is 1. The Balaban J connectivity index is 1.55. The van der Waals surface area contributed by atoms with Crippen LogP contribution in [-0.4, -0.2) is 45.3 Å². The number of nitrogens with one attached hydrogen (secondary N) is 1. The van der Waals surface area contributed by atoms with Crippen molar-refractivity contribution in [3.8, 4) is 0 Å². The molecule has 1 saturated heterocycles. The van der Waals surface area contributed by atoms with Gasteiger partial charge in [0, 0.05) is 31.6 Å². The predicted molar refractivity (Wildman–Crippen MR) is 88.0 cm³/mol. The molecule has 1 aliphatic heterocycles. The SMILES string of the molecule is C[C@@H](CNC(=O)N1CCC[C@@H](n2cncn2)C1)c1ccc(F)cc1F. The van der Waals surface area contributed by atoms with Crippen LogP contribution in [0.5, 0.6) is 0 Å². The number of benzene rings is 1. The fourth-order valence-corrected chi connectivity index (χ4v) is 3.12. The molecule has 2 heterocycles. The number of nitrogens with zero attached hydrogens (tertiary/aromatic N) is 4. The van der Waals surface area contributed by atoms with Gasteiger partial charge < -0.3 is 10.2 Å². The van der Waals surface area contributed by atoms with Gasteiger partial charge in [0.2, 0.25) is 0 Å². The highest BCUT2D eigenvalue weighted by atomic mass is 19.1. The number of likely N-dealkylation sites (tertiary alicyclic amines) is 1. The van der Waals surface area contributed by atoms with E-state index >= 15 is 0 Å². The summed E-state index contributed by atoms with van der Waals surface area (Å²) in [6, 6.07) is 3.45. The molecule has 1 aliphatic rings. The van der Waals surface area contributed by atoms with Crippen molar-refractivity contribution in [1.29, 1.82) is 0 Å². The van der Waals surface area contributed by atoms with Crippen molar-refractivity contribution in [2.75, 3.05) is 19.6 Å². The predicted octanol–water partition coefficient (Wildman–Crippen LogP) is 2.71. The number of amides is 2. The van der Waals surface area contributed by atoms with Crippen molar-refractivity contribution in [2.45, 2.75) is 31.7 Å². The van der Waals surface area contributed by atoms with Crippen molar-refractivity contribution in [1.82, 2.24) is 25.0 Å². The van der Waals surface area contributed by atoms with Crippen molar-refractivity contribution >= 4 is 6.03 Å². The molecule has 0 bridgehead atoms. The van der Waals surface area contributed by atoms with Crippen LogP contribution < -0.4 is 5.32 Å². The van der Waals surface area contributed by atoms with Crippen LogP contribution in [-0.2, 0) is 0 Å². The van der Waals surface area contributed by atoms with Crippen molar-refractivity contribution in [3.63, 3.8) is 0 Å². The molecule has 2 aromatic rings. The van der Waals surface area contributed by atoms with Gasteiger partial charge in [-0.3, -0.25) is 0 Å². The molecule has 3 rings (SSSR count). The second-order valence-electron chi connectivity index (χ2n) is 6.37. The Kier molecular flexibility index (Phi) is 5.25. The number of rotatable bonds is 4. The minimum absolute atomic E-state index is 0.119. The van der Waals surface area contributed by atoms with E-state index in [9.17, 15) is 13.6 Å². The number of aromatic nitrogens is 3. The highest BCUT2D eigenvalue weighted by Crippen LogP contribution is 2.21. The summed E-state index contributed by atoms with van der Waals surface area (Å²) in [5.74, 6) is -1.45. The Labute approximate surface area is 144 Å². The molecule has 1 aromatic heterocycles. The maximum Gasteiger partial charge on any atom is 0.317 e. The molecular weight excluding hydrogens is 328 g/mol. The zero-order valence-electron chi connectivity index (χ0n) is 14.0. The van der Waals surface area contributed by atoms with Crippen LogP contribution in [0.15, 0.2) is 30.9 Å². The summed E-state index contributed by atoms with van der Waals surface area (Å²) in [6.07, 6.45) is 4.98. The summed E-state index contributed by atoms with van der Waals surface area (Å²) in [4.78, 5) is 18.1. The summed E-state index contributed by atoms with van der Waals surface area (Å²) in [6.45, 7) is 3.32. The lowest BCUT2D eigenvalue weighted by Crippen LogP contribution is -2.46. The van der Waals surface area contributed by atoms with Crippen LogP contribution >= 0.6 is 0 Å². The highest BCUT2D eigenvalue weighted by molar-refractivity contribution is 5.74. The minimum atomic E-state index is -0.607. The fraction of sp³-hybridized carbons (Fsp3) is 0.471. The van der Waals surface area contributed by atoms with Gasteiger partial charge in [-0.1, -0.05) is 13.0 Å². The lowest BCUT2D eigenvalue weighted by molar-refractivity contribution is 0.163. The molecule has 134 valence electrons. The number of halogens is 2. The molecule has 0 saturated carbocycles. The van der Waals surface area contributed by atoms with Gasteiger partial charge in [-0.2, -0.15) is 5.10 Å². The van der Waals surface area contributed by atoms with E-state index < -0.39 is 11.6 Å². The van der Waals surface area contributed by atoms with Crippen LogP contribution in [0, 0.1) is 11.6 Å². The molecule has 0 aliphatic carbocycles. The molecule has 25 heavy (non-hydrogen) atoms. The lowest BCUT2D eigenvalue weighted by Gasteiger charge is -2.32. The molecule has 6 nitrogen and oxygen atoms in total. The van der Waals surface area contributed by atoms with Crippen molar-refractivity contribution < 1.29 is 13.6 Å². The molecule has 0 radical (unpaired) electrons. The standard InChI is InChI=1S/C17H21F2N5O/c1-12(15-5-4-13(18)7-16(15)19)8-21-17(25)23-6-2-3-14(9-23)24-11-20-10-22-24/h4-5,7,10-12,14H,2-3,6,8-9H2,1H3,(H,21,25)/t12-,14+/m0/s1. The first kappa shape index (κ1) is 17.3. The number of carbonyl (C=O) groups is 1. The first-order valence-electron chi connectivity index (χ1n) is 8.36. The summed E-state index contributed by atoms with van der Waals surface area (Å²) >= 11 is 0. The average molecular weight is 349 g/mol. The molecule has 0 spiro atoms. The molecule has 2 atom stereocenters. The van der Waals surface area contributed by atoms with E-state index in [1.807, 2.05) is 0 Å². The largest absolute Gasteiger partial charge is 0.337 e. The van der Waals surface area contributed by atoms with E-state index in [1.54, 1.807) is 22.8 Å². The number of piperidine rings is 1. The normalized spacial score (nSPS) is 18.8. The van der Waals surface area contributed by atoms with E-state index in [-0.39, 0.29) is 24.5 Å².